The van der Waals surface area contributed by atoms with Crippen molar-refractivity contribution in [2.75, 3.05) is 11.1 Å². The fourth-order valence-electron chi connectivity index (χ4n) is 1.10. The Morgan fingerprint density at radius 1 is 1.31 bits per heavy atom. The van der Waals surface area contributed by atoms with E-state index in [-0.39, 0.29) is 5.91 Å². The molecule has 2 aromatic rings. The number of pyridine rings is 1. The van der Waals surface area contributed by atoms with E-state index < -0.39 is 0 Å². The Bertz CT molecular complexity index is 482. The van der Waals surface area contributed by atoms with Crippen LogP contribution in [0.25, 0.3) is 0 Å². The lowest BCUT2D eigenvalue weighted by molar-refractivity contribution is 0.102. The van der Waals surface area contributed by atoms with E-state index in [1.165, 1.54) is 12.4 Å². The van der Waals surface area contributed by atoms with Gasteiger partial charge in [-0.2, -0.15) is 5.10 Å². The molecule has 2 rings (SSSR count). The van der Waals surface area contributed by atoms with Crippen molar-refractivity contribution >= 4 is 17.5 Å². The topological polar surface area (TPSA) is 93.8 Å². The van der Waals surface area contributed by atoms with Crippen LogP contribution in [0.3, 0.4) is 0 Å². The van der Waals surface area contributed by atoms with Crippen LogP contribution in [0, 0.1) is 0 Å². The van der Waals surface area contributed by atoms with Crippen molar-refractivity contribution in [3.63, 3.8) is 0 Å². The molecule has 6 heteroatoms. The molecule has 3 N–H and O–H groups in total. The highest BCUT2D eigenvalue weighted by atomic mass is 16.1. The molecule has 0 saturated heterocycles. The summed E-state index contributed by atoms with van der Waals surface area (Å²) in [7, 11) is 0. The first-order chi connectivity index (χ1) is 7.75. The lowest BCUT2D eigenvalue weighted by atomic mass is 10.2. The Morgan fingerprint density at radius 2 is 2.19 bits per heavy atom. The molecule has 0 aromatic carbocycles. The van der Waals surface area contributed by atoms with Crippen molar-refractivity contribution in [3.8, 4) is 0 Å². The summed E-state index contributed by atoms with van der Waals surface area (Å²) in [6.45, 7) is 0. The van der Waals surface area contributed by atoms with E-state index in [1.54, 1.807) is 24.3 Å². The van der Waals surface area contributed by atoms with Gasteiger partial charge in [-0.15, -0.1) is 5.10 Å². The summed E-state index contributed by atoms with van der Waals surface area (Å²) in [6, 6.07) is 6.49. The molecule has 1 amide bonds. The number of aromatic nitrogens is 3. The third-order valence-electron chi connectivity index (χ3n) is 1.86. The van der Waals surface area contributed by atoms with Gasteiger partial charge in [0.2, 0.25) is 0 Å². The molecule has 0 radical (unpaired) electrons. The number of hydrogen-bond acceptors (Lipinski definition) is 5. The minimum absolute atomic E-state index is 0.298. The van der Waals surface area contributed by atoms with Crippen LogP contribution in [0.15, 0.2) is 36.7 Å². The molecule has 0 aliphatic rings. The van der Waals surface area contributed by atoms with Gasteiger partial charge in [-0.05, 0) is 24.3 Å². The van der Waals surface area contributed by atoms with Crippen LogP contribution in [0.4, 0.5) is 11.6 Å². The van der Waals surface area contributed by atoms with Crippen LogP contribution >= 0.6 is 0 Å². The molecule has 16 heavy (non-hydrogen) atoms. The number of hydrogen-bond donors (Lipinski definition) is 2. The van der Waals surface area contributed by atoms with Gasteiger partial charge in [0.15, 0.2) is 5.82 Å². The van der Waals surface area contributed by atoms with Gasteiger partial charge in [0.1, 0.15) is 5.82 Å². The molecular weight excluding hydrogens is 206 g/mol. The molecule has 6 nitrogen and oxygen atoms in total. The average Bonchev–Trinajstić information content (AvgIpc) is 2.31. The summed E-state index contributed by atoms with van der Waals surface area (Å²) in [5.41, 5.74) is 5.83. The van der Waals surface area contributed by atoms with Gasteiger partial charge in [-0.3, -0.25) is 4.79 Å². The zero-order valence-corrected chi connectivity index (χ0v) is 8.29. The first-order valence-corrected chi connectivity index (χ1v) is 4.56. The molecule has 80 valence electrons. The molecule has 0 saturated carbocycles. The molecule has 0 spiro atoms. The molecule has 0 unspecified atom stereocenters. The number of nitrogen functional groups attached to an aromatic ring is 1. The smallest absolute Gasteiger partial charge is 0.258 e. The van der Waals surface area contributed by atoms with Crippen molar-refractivity contribution in [2.24, 2.45) is 0 Å². The van der Waals surface area contributed by atoms with E-state index in [2.05, 4.69) is 20.5 Å². The third kappa shape index (κ3) is 2.30. The number of anilines is 2. The minimum atomic E-state index is -0.298. The number of carbonyl (C=O) groups excluding carboxylic acids is 1. The maximum Gasteiger partial charge on any atom is 0.258 e. The van der Waals surface area contributed by atoms with E-state index >= 15 is 0 Å². The first kappa shape index (κ1) is 10.0. The largest absolute Gasteiger partial charge is 0.384 e. The Morgan fingerprint density at radius 3 is 2.81 bits per heavy atom. The van der Waals surface area contributed by atoms with Gasteiger partial charge in [-0.1, -0.05) is 0 Å². The van der Waals surface area contributed by atoms with Crippen molar-refractivity contribution < 1.29 is 4.79 Å². The van der Waals surface area contributed by atoms with Gasteiger partial charge in [-0.25, -0.2) is 4.98 Å². The normalized spacial score (nSPS) is 9.75. The van der Waals surface area contributed by atoms with Gasteiger partial charge < -0.3 is 11.1 Å². The number of carbonyl (C=O) groups is 1. The second-order valence-electron chi connectivity index (χ2n) is 3.03. The van der Waals surface area contributed by atoms with E-state index in [4.69, 9.17) is 5.73 Å². The quantitative estimate of drug-likeness (QED) is 0.769. The molecule has 2 heterocycles. The predicted octanol–water partition coefficient (Wildman–Crippen LogP) is 0.706. The summed E-state index contributed by atoms with van der Waals surface area (Å²) in [6.07, 6.45) is 2.93. The van der Waals surface area contributed by atoms with Crippen molar-refractivity contribution in [3.05, 3.63) is 42.2 Å². The molecule has 0 aliphatic heterocycles. The SMILES string of the molecule is Nc1ccc(C(=O)Nc2cccnn2)cn1. The van der Waals surface area contributed by atoms with Crippen LogP contribution in [0.2, 0.25) is 0 Å². The lowest BCUT2D eigenvalue weighted by Gasteiger charge is -2.02. The fraction of sp³-hybridized carbons (Fsp3) is 0. The van der Waals surface area contributed by atoms with Gasteiger partial charge >= 0.3 is 0 Å². The van der Waals surface area contributed by atoms with E-state index in [1.807, 2.05) is 0 Å². The highest BCUT2D eigenvalue weighted by Gasteiger charge is 2.06. The summed E-state index contributed by atoms with van der Waals surface area (Å²) in [5.74, 6) is 0.466. The molecule has 0 fully saturated rings. The second kappa shape index (κ2) is 4.35. The number of amides is 1. The summed E-state index contributed by atoms with van der Waals surface area (Å²) >= 11 is 0. The summed E-state index contributed by atoms with van der Waals surface area (Å²) in [5, 5.41) is 9.96. The lowest BCUT2D eigenvalue weighted by Crippen LogP contribution is -2.13. The number of nitrogens with one attached hydrogen (secondary N) is 1. The molecule has 0 bridgehead atoms. The maximum atomic E-state index is 11.7. The van der Waals surface area contributed by atoms with Crippen LogP contribution in [-0.2, 0) is 0 Å². The monoisotopic (exact) mass is 215 g/mol. The maximum absolute atomic E-state index is 11.7. The van der Waals surface area contributed by atoms with Crippen molar-refractivity contribution in [1.82, 2.24) is 15.2 Å². The van der Waals surface area contributed by atoms with Crippen LogP contribution in [0.1, 0.15) is 10.4 Å². The zero-order chi connectivity index (χ0) is 11.4. The Labute approximate surface area is 91.5 Å². The van der Waals surface area contributed by atoms with Crippen molar-refractivity contribution in [1.29, 1.82) is 0 Å². The Kier molecular flexibility index (Phi) is 2.73. The number of nitrogens with two attached hydrogens (primary N) is 1. The van der Waals surface area contributed by atoms with Gasteiger partial charge in [0, 0.05) is 12.4 Å². The third-order valence-corrected chi connectivity index (χ3v) is 1.86. The average molecular weight is 215 g/mol. The van der Waals surface area contributed by atoms with Crippen molar-refractivity contribution in [2.45, 2.75) is 0 Å². The van der Waals surface area contributed by atoms with E-state index in [9.17, 15) is 4.79 Å². The Hall–Kier alpha value is -2.50. The summed E-state index contributed by atoms with van der Waals surface area (Å²) < 4.78 is 0. The Balaban J connectivity index is 2.12. The van der Waals surface area contributed by atoms with Gasteiger partial charge in [0.05, 0.1) is 5.56 Å². The van der Waals surface area contributed by atoms with E-state index in [0.29, 0.717) is 17.2 Å². The zero-order valence-electron chi connectivity index (χ0n) is 8.29. The van der Waals surface area contributed by atoms with Crippen LogP contribution < -0.4 is 11.1 Å². The highest BCUT2D eigenvalue weighted by Crippen LogP contribution is 2.05. The predicted molar refractivity (Wildman–Crippen MR) is 58.6 cm³/mol. The van der Waals surface area contributed by atoms with Crippen LogP contribution in [0.5, 0.6) is 0 Å². The number of nitrogens with zero attached hydrogens (tertiary/aromatic N) is 3. The first-order valence-electron chi connectivity index (χ1n) is 4.56. The standard InChI is InChI=1S/C10H9N5O/c11-8-4-3-7(6-12-8)10(16)14-9-2-1-5-13-15-9/h1-6H,(H2,11,12)(H,14,15,16). The molecule has 0 atom stereocenters. The molecular formula is C10H9N5O. The molecule has 2 aromatic heterocycles. The number of rotatable bonds is 2. The second-order valence-corrected chi connectivity index (χ2v) is 3.03. The summed E-state index contributed by atoms with van der Waals surface area (Å²) in [4.78, 5) is 15.5. The highest BCUT2D eigenvalue weighted by molar-refractivity contribution is 6.03. The minimum Gasteiger partial charge on any atom is -0.384 e. The van der Waals surface area contributed by atoms with Crippen LogP contribution in [-0.4, -0.2) is 21.1 Å². The fourth-order valence-corrected chi connectivity index (χ4v) is 1.10. The van der Waals surface area contributed by atoms with E-state index in [0.717, 1.165) is 0 Å². The molecule has 0 aliphatic carbocycles. The van der Waals surface area contributed by atoms with Gasteiger partial charge in [0.25, 0.3) is 5.91 Å².